The highest BCUT2D eigenvalue weighted by Crippen LogP contribution is 2.37. The van der Waals surface area contributed by atoms with E-state index in [1.165, 1.54) is 54.2 Å². The zero-order valence-corrected chi connectivity index (χ0v) is 16.0. The van der Waals surface area contributed by atoms with Crippen molar-refractivity contribution >= 4 is 17.3 Å². The van der Waals surface area contributed by atoms with Crippen molar-refractivity contribution in [3.8, 4) is 17.1 Å². The average Bonchev–Trinajstić information content (AvgIpc) is 3.13. The maximum atomic E-state index is 13.7. The number of halogens is 3. The monoisotopic (exact) mass is 431 g/mol. The average molecular weight is 431 g/mol. The molecule has 160 valence electrons. The highest BCUT2D eigenvalue weighted by molar-refractivity contribution is 5.67. The molecule has 0 saturated carbocycles. The van der Waals surface area contributed by atoms with Gasteiger partial charge in [-0.25, -0.2) is 15.0 Å². The van der Waals surface area contributed by atoms with Crippen LogP contribution in [-0.4, -0.2) is 36.7 Å². The van der Waals surface area contributed by atoms with Crippen molar-refractivity contribution in [3.05, 3.63) is 66.1 Å². The maximum absolute atomic E-state index is 13.7. The van der Waals surface area contributed by atoms with Crippen molar-refractivity contribution in [1.82, 2.24) is 19.4 Å². The minimum atomic E-state index is -4.70. The van der Waals surface area contributed by atoms with E-state index in [9.17, 15) is 13.2 Å². The van der Waals surface area contributed by atoms with E-state index in [-0.39, 0.29) is 28.5 Å². The molecule has 3 aromatic heterocycles. The normalized spacial score (nSPS) is 11.8. The van der Waals surface area contributed by atoms with E-state index in [1.807, 2.05) is 0 Å². The van der Waals surface area contributed by atoms with Gasteiger partial charge in [0.15, 0.2) is 12.0 Å². The van der Waals surface area contributed by atoms with E-state index >= 15 is 0 Å². The minimum Gasteiger partial charge on any atom is -0.497 e. The van der Waals surface area contributed by atoms with E-state index in [2.05, 4.69) is 20.3 Å². The number of aliphatic hydroxyl groups excluding tert-OH is 1. The molecule has 4 aromatic rings. The van der Waals surface area contributed by atoms with Crippen LogP contribution < -0.4 is 10.1 Å². The molecule has 0 unspecified atom stereocenters. The topological polar surface area (TPSA) is 105 Å². The molecule has 0 atom stereocenters. The van der Waals surface area contributed by atoms with Crippen molar-refractivity contribution in [2.75, 3.05) is 12.4 Å². The summed E-state index contributed by atoms with van der Waals surface area (Å²) in [6.07, 6.45) is -3.55. The quantitative estimate of drug-likeness (QED) is 0.415. The molecule has 3 N–H and O–H groups in total. The predicted molar refractivity (Wildman–Crippen MR) is 105 cm³/mol. The summed E-state index contributed by atoms with van der Waals surface area (Å²) in [6.45, 7) is 0. The highest BCUT2D eigenvalue weighted by atomic mass is 19.4. The van der Waals surface area contributed by atoms with Gasteiger partial charge >= 0.3 is 6.18 Å². The van der Waals surface area contributed by atoms with Crippen LogP contribution in [0.5, 0.6) is 5.75 Å². The molecular formula is C20H16F3N5O3. The van der Waals surface area contributed by atoms with Gasteiger partial charge < -0.3 is 20.3 Å². The van der Waals surface area contributed by atoms with Crippen LogP contribution >= 0.6 is 0 Å². The minimum absolute atomic E-state index is 0.0184. The smallest absolute Gasteiger partial charge is 0.435 e. The summed E-state index contributed by atoms with van der Waals surface area (Å²) in [4.78, 5) is 12.0. The Morgan fingerprint density at radius 3 is 2.45 bits per heavy atom. The van der Waals surface area contributed by atoms with E-state index < -0.39 is 18.2 Å². The van der Waals surface area contributed by atoms with Crippen molar-refractivity contribution in [2.45, 2.75) is 12.5 Å². The van der Waals surface area contributed by atoms with Crippen molar-refractivity contribution < 1.29 is 28.1 Å². The molecular weight excluding hydrogens is 415 g/mol. The second kappa shape index (κ2) is 7.85. The Hall–Kier alpha value is -3.70. The third-order valence-corrected chi connectivity index (χ3v) is 4.46. The molecule has 0 aliphatic heterocycles. The zero-order chi connectivity index (χ0) is 22.2. The standard InChI is InChI=1S/C20H16F3N5O3/c1-31-13-7-9-28-15(10-13)27-17(20(21,22)23)16(28)14-6-8-24-19(26-14)25-12-4-2-11(3-5-12)18(29)30/h2-10,18,29-30H,1H3,(H,24,25,26). The Morgan fingerprint density at radius 2 is 1.81 bits per heavy atom. The number of pyridine rings is 1. The van der Waals surface area contributed by atoms with Crippen LogP contribution in [-0.2, 0) is 6.18 Å². The molecule has 0 aliphatic rings. The fourth-order valence-corrected chi connectivity index (χ4v) is 3.01. The molecule has 8 nitrogen and oxygen atoms in total. The van der Waals surface area contributed by atoms with Gasteiger partial charge in [0.1, 0.15) is 17.1 Å². The predicted octanol–water partition coefficient (Wildman–Crippen LogP) is 3.55. The van der Waals surface area contributed by atoms with Crippen LogP contribution in [0, 0.1) is 0 Å². The van der Waals surface area contributed by atoms with E-state index in [0.29, 0.717) is 11.4 Å². The SMILES string of the molecule is COc1ccn2c(-c3ccnc(Nc4ccc(C(O)O)cc4)n3)c(C(F)(F)F)nc2c1. The summed E-state index contributed by atoms with van der Waals surface area (Å²) < 4.78 is 47.5. The molecule has 0 spiro atoms. The number of ether oxygens (including phenoxy) is 1. The Labute approximate surface area is 173 Å². The number of anilines is 2. The van der Waals surface area contributed by atoms with E-state index in [1.54, 1.807) is 12.1 Å². The first-order valence-electron chi connectivity index (χ1n) is 8.96. The molecule has 0 amide bonds. The van der Waals surface area contributed by atoms with Crippen molar-refractivity contribution in [1.29, 1.82) is 0 Å². The number of fused-ring (bicyclic) bond motifs is 1. The Morgan fingerprint density at radius 1 is 1.06 bits per heavy atom. The van der Waals surface area contributed by atoms with Gasteiger partial charge in [-0.3, -0.25) is 4.40 Å². The summed E-state index contributed by atoms with van der Waals surface area (Å²) in [6, 6.07) is 10.4. The lowest BCUT2D eigenvalue weighted by Crippen LogP contribution is -2.09. The Bertz CT molecular complexity index is 1220. The molecule has 0 aliphatic carbocycles. The van der Waals surface area contributed by atoms with Gasteiger partial charge in [0, 0.05) is 29.7 Å². The number of hydrogen-bond acceptors (Lipinski definition) is 7. The number of benzene rings is 1. The van der Waals surface area contributed by atoms with E-state index in [4.69, 9.17) is 14.9 Å². The fourth-order valence-electron chi connectivity index (χ4n) is 3.01. The first kappa shape index (κ1) is 20.6. The van der Waals surface area contributed by atoms with Gasteiger partial charge in [-0.2, -0.15) is 13.2 Å². The number of nitrogens with one attached hydrogen (secondary N) is 1. The molecule has 0 fully saturated rings. The lowest BCUT2D eigenvalue weighted by atomic mass is 10.2. The molecule has 0 saturated heterocycles. The number of aromatic nitrogens is 4. The van der Waals surface area contributed by atoms with Crippen LogP contribution in [0.15, 0.2) is 54.9 Å². The number of methoxy groups -OCH3 is 1. The summed E-state index contributed by atoms with van der Waals surface area (Å²) in [5.41, 5.74) is -0.421. The molecule has 11 heteroatoms. The lowest BCUT2D eigenvalue weighted by molar-refractivity contribution is -0.140. The fraction of sp³-hybridized carbons (Fsp3) is 0.150. The summed E-state index contributed by atoms with van der Waals surface area (Å²) >= 11 is 0. The van der Waals surface area contributed by atoms with Crippen molar-refractivity contribution in [2.24, 2.45) is 0 Å². The van der Waals surface area contributed by atoms with Crippen molar-refractivity contribution in [3.63, 3.8) is 0 Å². The van der Waals surface area contributed by atoms with Crippen LogP contribution in [0.1, 0.15) is 17.5 Å². The second-order valence-corrected chi connectivity index (χ2v) is 6.49. The summed E-state index contributed by atoms with van der Waals surface area (Å²) in [5.74, 6) is 0.436. The van der Waals surface area contributed by atoms with Crippen LogP contribution in [0.2, 0.25) is 0 Å². The zero-order valence-electron chi connectivity index (χ0n) is 16.0. The molecule has 3 heterocycles. The first-order chi connectivity index (χ1) is 14.8. The summed E-state index contributed by atoms with van der Waals surface area (Å²) in [5, 5.41) is 21.2. The number of aliphatic hydroxyl groups is 2. The number of hydrogen-bond donors (Lipinski definition) is 3. The largest absolute Gasteiger partial charge is 0.497 e. The first-order valence-corrected chi connectivity index (χ1v) is 8.96. The Kier molecular flexibility index (Phi) is 5.21. The Balaban J connectivity index is 1.76. The molecule has 31 heavy (non-hydrogen) atoms. The van der Waals surface area contributed by atoms with Gasteiger partial charge in [0.25, 0.3) is 0 Å². The van der Waals surface area contributed by atoms with Gasteiger partial charge in [-0.1, -0.05) is 12.1 Å². The number of alkyl halides is 3. The molecule has 1 aromatic carbocycles. The van der Waals surface area contributed by atoms with Crippen LogP contribution in [0.4, 0.5) is 24.8 Å². The molecule has 0 bridgehead atoms. The van der Waals surface area contributed by atoms with Crippen LogP contribution in [0.25, 0.3) is 17.0 Å². The maximum Gasteiger partial charge on any atom is 0.435 e. The van der Waals surface area contributed by atoms with E-state index in [0.717, 1.165) is 0 Å². The summed E-state index contributed by atoms with van der Waals surface area (Å²) in [7, 11) is 1.41. The molecule has 4 rings (SSSR count). The molecule has 0 radical (unpaired) electrons. The second-order valence-electron chi connectivity index (χ2n) is 6.49. The van der Waals surface area contributed by atoms with Gasteiger partial charge in [-0.15, -0.1) is 0 Å². The number of nitrogens with zero attached hydrogens (tertiary/aromatic N) is 4. The lowest BCUT2D eigenvalue weighted by Gasteiger charge is -2.10. The van der Waals surface area contributed by atoms with Gasteiger partial charge in [-0.05, 0) is 24.3 Å². The third-order valence-electron chi connectivity index (χ3n) is 4.46. The number of imidazole rings is 1. The highest BCUT2D eigenvalue weighted by Gasteiger charge is 2.38. The van der Waals surface area contributed by atoms with Crippen LogP contribution in [0.3, 0.4) is 0 Å². The van der Waals surface area contributed by atoms with Gasteiger partial charge in [0.05, 0.1) is 12.8 Å². The van der Waals surface area contributed by atoms with Gasteiger partial charge in [0.2, 0.25) is 5.95 Å². The third kappa shape index (κ3) is 4.13. The number of rotatable bonds is 5.